The number of halogens is 1. The molecule has 11 heteroatoms. The fourth-order valence-electron chi connectivity index (χ4n) is 8.01. The lowest BCUT2D eigenvalue weighted by Crippen LogP contribution is -2.45. The summed E-state index contributed by atoms with van der Waals surface area (Å²) in [7, 11) is 1.80. The van der Waals surface area contributed by atoms with Crippen LogP contribution in [0, 0.1) is 18.2 Å². The standard InChI is InChI=1S/C33H39FN8O2/c1-20-29(40-15-11-33(12-16-40)19-21-8-9-22(34)18-24(21)28(33)35)37-30-27(36-20)31(38-42(30)26-7-3-4-17-44-26)41-13-5-6-23-25(41)10-14-39(2)32(23)43/h8-10,14,18,26,28H,3-7,11-13,15-17,19,35H2,1-2H3/t26?,28-/m1/s1. The van der Waals surface area contributed by atoms with Gasteiger partial charge >= 0.3 is 0 Å². The maximum absolute atomic E-state index is 14.0. The molecular weight excluding hydrogens is 559 g/mol. The van der Waals surface area contributed by atoms with E-state index in [0.29, 0.717) is 12.3 Å². The lowest BCUT2D eigenvalue weighted by Gasteiger charge is -2.42. The van der Waals surface area contributed by atoms with Crippen LogP contribution in [0.2, 0.25) is 0 Å². The van der Waals surface area contributed by atoms with Crippen molar-refractivity contribution in [1.29, 1.82) is 0 Å². The molecule has 0 radical (unpaired) electrons. The van der Waals surface area contributed by atoms with Crippen LogP contribution >= 0.6 is 0 Å². The third-order valence-corrected chi connectivity index (χ3v) is 10.5. The van der Waals surface area contributed by atoms with Gasteiger partial charge in [-0.15, -0.1) is 5.10 Å². The molecule has 2 N–H and O–H groups in total. The lowest BCUT2D eigenvalue weighted by molar-refractivity contribution is -0.0368. The van der Waals surface area contributed by atoms with Gasteiger partial charge in [-0.1, -0.05) is 6.07 Å². The van der Waals surface area contributed by atoms with Gasteiger partial charge in [0, 0.05) is 51.1 Å². The number of anilines is 3. The smallest absolute Gasteiger partial charge is 0.255 e. The molecule has 1 aliphatic carbocycles. The SMILES string of the molecule is Cc1nc2c(N3CCCc4c3ccn(C)c4=O)nn(C3CCCCO3)c2nc1N1CCC2(CC1)Cc1ccc(F)cc1[C@H]2N. The first-order valence-corrected chi connectivity index (χ1v) is 16.0. The van der Waals surface area contributed by atoms with Gasteiger partial charge in [0.1, 0.15) is 5.82 Å². The van der Waals surface area contributed by atoms with E-state index < -0.39 is 0 Å². The molecule has 0 saturated carbocycles. The van der Waals surface area contributed by atoms with Crippen molar-refractivity contribution in [2.24, 2.45) is 18.2 Å². The molecule has 4 aliphatic rings. The van der Waals surface area contributed by atoms with Crippen molar-refractivity contribution in [3.05, 3.63) is 69.0 Å². The summed E-state index contributed by atoms with van der Waals surface area (Å²) in [5.41, 5.74) is 12.9. The zero-order valence-corrected chi connectivity index (χ0v) is 25.4. The maximum atomic E-state index is 14.0. The van der Waals surface area contributed by atoms with Crippen LogP contribution in [0.25, 0.3) is 11.2 Å². The molecule has 2 fully saturated rings. The number of aromatic nitrogens is 5. The van der Waals surface area contributed by atoms with Gasteiger partial charge in [-0.2, -0.15) is 0 Å². The largest absolute Gasteiger partial charge is 0.356 e. The number of fused-ring (bicyclic) bond motifs is 3. The first-order valence-electron chi connectivity index (χ1n) is 16.0. The van der Waals surface area contributed by atoms with E-state index in [4.69, 9.17) is 25.5 Å². The number of hydrogen-bond acceptors (Lipinski definition) is 8. The second-order valence-corrected chi connectivity index (χ2v) is 13.1. The number of nitrogens with two attached hydrogens (primary N) is 1. The molecule has 6 heterocycles. The summed E-state index contributed by atoms with van der Waals surface area (Å²) in [4.78, 5) is 27.9. The van der Waals surface area contributed by atoms with E-state index in [0.717, 1.165) is 111 Å². The number of aryl methyl sites for hydroxylation is 2. The van der Waals surface area contributed by atoms with Crippen molar-refractivity contribution in [1.82, 2.24) is 24.3 Å². The van der Waals surface area contributed by atoms with Crippen LogP contribution in [0.1, 0.15) is 73.2 Å². The summed E-state index contributed by atoms with van der Waals surface area (Å²) in [6.45, 7) is 5.06. The van der Waals surface area contributed by atoms with Crippen molar-refractivity contribution < 1.29 is 9.13 Å². The highest BCUT2D eigenvalue weighted by Crippen LogP contribution is 2.51. The van der Waals surface area contributed by atoms with E-state index in [9.17, 15) is 9.18 Å². The molecule has 4 aromatic rings. The molecule has 3 aliphatic heterocycles. The highest BCUT2D eigenvalue weighted by atomic mass is 19.1. The van der Waals surface area contributed by atoms with E-state index in [-0.39, 0.29) is 29.1 Å². The average molecular weight is 599 g/mol. The third kappa shape index (κ3) is 4.27. The minimum Gasteiger partial charge on any atom is -0.356 e. The molecule has 230 valence electrons. The van der Waals surface area contributed by atoms with Gasteiger partial charge in [-0.25, -0.2) is 19.0 Å². The van der Waals surface area contributed by atoms with Crippen molar-refractivity contribution in [3.63, 3.8) is 0 Å². The first kappa shape index (κ1) is 27.7. The summed E-state index contributed by atoms with van der Waals surface area (Å²) in [6, 6.07) is 6.91. The monoisotopic (exact) mass is 598 g/mol. The molecule has 44 heavy (non-hydrogen) atoms. The minimum absolute atomic E-state index is 0.0363. The van der Waals surface area contributed by atoms with E-state index in [1.54, 1.807) is 23.7 Å². The molecule has 3 aromatic heterocycles. The third-order valence-electron chi connectivity index (χ3n) is 10.5. The molecule has 1 spiro atoms. The quantitative estimate of drug-likeness (QED) is 0.365. The molecule has 2 saturated heterocycles. The molecule has 0 amide bonds. The Bertz CT molecular complexity index is 1820. The predicted molar refractivity (Wildman–Crippen MR) is 167 cm³/mol. The van der Waals surface area contributed by atoms with Gasteiger partial charge < -0.3 is 24.8 Å². The van der Waals surface area contributed by atoms with Crippen LogP contribution in [0.3, 0.4) is 0 Å². The summed E-state index contributed by atoms with van der Waals surface area (Å²) in [6.07, 6.45) is 8.88. The Morgan fingerprint density at radius 3 is 2.70 bits per heavy atom. The predicted octanol–water partition coefficient (Wildman–Crippen LogP) is 4.60. The number of ether oxygens (including phenoxy) is 1. The highest BCUT2D eigenvalue weighted by Gasteiger charge is 2.46. The minimum atomic E-state index is -0.221. The zero-order chi connectivity index (χ0) is 30.2. The summed E-state index contributed by atoms with van der Waals surface area (Å²) in [5, 5.41) is 5.13. The van der Waals surface area contributed by atoms with E-state index in [1.807, 2.05) is 29.9 Å². The van der Waals surface area contributed by atoms with Crippen molar-refractivity contribution in [2.75, 3.05) is 36.0 Å². The Labute approximate surface area is 255 Å². The Morgan fingerprint density at radius 2 is 1.91 bits per heavy atom. The van der Waals surface area contributed by atoms with Gasteiger partial charge in [0.15, 0.2) is 29.0 Å². The normalized spacial score (nSPS) is 22.9. The zero-order valence-electron chi connectivity index (χ0n) is 25.4. The first-order chi connectivity index (χ1) is 21.3. The van der Waals surface area contributed by atoms with Crippen LogP contribution in [-0.4, -0.2) is 50.6 Å². The van der Waals surface area contributed by atoms with E-state index >= 15 is 0 Å². The van der Waals surface area contributed by atoms with Gasteiger partial charge in [-0.3, -0.25) is 4.79 Å². The van der Waals surface area contributed by atoms with Gasteiger partial charge in [0.25, 0.3) is 5.56 Å². The Balaban J connectivity index is 1.16. The van der Waals surface area contributed by atoms with E-state index in [2.05, 4.69) is 9.80 Å². The highest BCUT2D eigenvalue weighted by molar-refractivity contribution is 5.89. The molecular formula is C33H39FN8O2. The topological polar surface area (TPSA) is 107 Å². The van der Waals surface area contributed by atoms with Crippen LogP contribution in [0.15, 0.2) is 35.3 Å². The molecule has 8 rings (SSSR count). The van der Waals surface area contributed by atoms with Crippen molar-refractivity contribution in [2.45, 2.75) is 70.6 Å². The van der Waals surface area contributed by atoms with Gasteiger partial charge in [-0.05, 0) is 93.0 Å². The number of piperidine rings is 1. The fraction of sp³-hybridized carbons (Fsp3) is 0.515. The average Bonchev–Trinajstić information content (AvgIpc) is 3.53. The number of pyridine rings is 1. The molecule has 2 atom stereocenters. The molecule has 0 bridgehead atoms. The molecule has 1 unspecified atom stereocenters. The molecule has 1 aromatic carbocycles. The van der Waals surface area contributed by atoms with Crippen molar-refractivity contribution >= 4 is 28.5 Å². The lowest BCUT2D eigenvalue weighted by atomic mass is 9.73. The summed E-state index contributed by atoms with van der Waals surface area (Å²) < 4.78 is 23.8. The maximum Gasteiger partial charge on any atom is 0.255 e. The number of hydrogen-bond donors (Lipinski definition) is 1. The van der Waals surface area contributed by atoms with Gasteiger partial charge in [0.05, 0.1) is 11.4 Å². The number of benzene rings is 1. The number of nitrogens with zero attached hydrogens (tertiary/aromatic N) is 7. The Kier molecular flexibility index (Phi) is 6.53. The van der Waals surface area contributed by atoms with Crippen molar-refractivity contribution in [3.8, 4) is 0 Å². The Morgan fingerprint density at radius 1 is 1.07 bits per heavy atom. The van der Waals surface area contributed by atoms with Crippen LogP contribution < -0.4 is 21.1 Å². The second-order valence-electron chi connectivity index (χ2n) is 13.1. The van der Waals surface area contributed by atoms with Crippen LogP contribution in [0.4, 0.5) is 21.7 Å². The Hall–Kier alpha value is -3.83. The van der Waals surface area contributed by atoms with Gasteiger partial charge in [0.2, 0.25) is 0 Å². The summed E-state index contributed by atoms with van der Waals surface area (Å²) in [5.74, 6) is 1.37. The van der Waals surface area contributed by atoms with E-state index in [1.165, 1.54) is 5.56 Å². The molecule has 10 nitrogen and oxygen atoms in total. The number of rotatable bonds is 3. The fourth-order valence-corrected chi connectivity index (χ4v) is 8.01. The summed E-state index contributed by atoms with van der Waals surface area (Å²) >= 11 is 0. The van der Waals surface area contributed by atoms with Crippen LogP contribution in [0.5, 0.6) is 0 Å². The second kappa shape index (κ2) is 10.4. The van der Waals surface area contributed by atoms with Crippen LogP contribution in [-0.2, 0) is 24.6 Å².